The molecule has 7 nitrogen and oxygen atoms in total. The second-order valence-electron chi connectivity index (χ2n) is 7.50. The Morgan fingerprint density at radius 3 is 2.58 bits per heavy atom. The van der Waals surface area contributed by atoms with Gasteiger partial charge in [-0.2, -0.15) is 4.98 Å². The number of rotatable bonds is 6. The quantitative estimate of drug-likeness (QED) is 0.790. The molecule has 2 fully saturated rings. The van der Waals surface area contributed by atoms with Crippen LogP contribution in [0.5, 0.6) is 0 Å². The third-order valence-corrected chi connectivity index (χ3v) is 5.27. The van der Waals surface area contributed by atoms with Gasteiger partial charge in [-0.3, -0.25) is 9.69 Å². The number of carbonyl (C=O) groups is 1. The van der Waals surface area contributed by atoms with E-state index in [0.29, 0.717) is 30.9 Å². The number of amides is 1. The Bertz CT molecular complexity index is 756. The van der Waals surface area contributed by atoms with Crippen LogP contribution in [0.2, 0.25) is 0 Å². The summed E-state index contributed by atoms with van der Waals surface area (Å²) in [5.74, 6) is 3.70. The van der Waals surface area contributed by atoms with Gasteiger partial charge >= 0.3 is 0 Å². The van der Waals surface area contributed by atoms with Gasteiger partial charge in [0, 0.05) is 12.0 Å². The summed E-state index contributed by atoms with van der Waals surface area (Å²) >= 11 is 0. The van der Waals surface area contributed by atoms with Crippen molar-refractivity contribution >= 4 is 5.91 Å². The van der Waals surface area contributed by atoms with E-state index >= 15 is 0 Å². The van der Waals surface area contributed by atoms with E-state index in [1.165, 1.54) is 0 Å². The van der Waals surface area contributed by atoms with Crippen molar-refractivity contribution in [2.75, 3.05) is 19.6 Å². The number of piperidine rings is 1. The molecule has 0 N–H and O–H groups in total. The zero-order valence-electron chi connectivity index (χ0n) is 15.5. The molecule has 26 heavy (non-hydrogen) atoms. The summed E-state index contributed by atoms with van der Waals surface area (Å²) < 4.78 is 11.0. The van der Waals surface area contributed by atoms with Gasteiger partial charge in [-0.05, 0) is 64.8 Å². The number of carbonyl (C=O) groups excluding carboxylic acids is 1. The average Bonchev–Trinajstić information content (AvgIpc) is 3.24. The highest BCUT2D eigenvalue weighted by Gasteiger charge is 2.34. The Balaban J connectivity index is 1.31. The number of hydrogen-bond acceptors (Lipinski definition) is 6. The van der Waals surface area contributed by atoms with Gasteiger partial charge in [0.05, 0.1) is 13.1 Å². The van der Waals surface area contributed by atoms with Crippen LogP contribution >= 0.6 is 0 Å². The van der Waals surface area contributed by atoms with Gasteiger partial charge in [-0.15, -0.1) is 0 Å². The first-order valence-electron chi connectivity index (χ1n) is 9.46. The molecule has 0 radical (unpaired) electrons. The molecule has 1 aliphatic carbocycles. The van der Waals surface area contributed by atoms with Crippen molar-refractivity contribution in [3.63, 3.8) is 0 Å². The van der Waals surface area contributed by atoms with E-state index in [0.717, 1.165) is 56.2 Å². The zero-order chi connectivity index (χ0) is 18.1. The fourth-order valence-corrected chi connectivity index (χ4v) is 3.64. The molecule has 2 aromatic rings. The van der Waals surface area contributed by atoms with Crippen molar-refractivity contribution in [2.24, 2.45) is 0 Å². The van der Waals surface area contributed by atoms with Gasteiger partial charge in [-0.25, -0.2) is 0 Å². The lowest BCUT2D eigenvalue weighted by atomic mass is 9.97. The molecule has 0 aromatic carbocycles. The first-order valence-corrected chi connectivity index (χ1v) is 9.46. The molecule has 0 unspecified atom stereocenters. The van der Waals surface area contributed by atoms with Crippen LogP contribution in [0.1, 0.15) is 54.8 Å². The minimum Gasteiger partial charge on any atom is -0.464 e. The molecule has 0 spiro atoms. The highest BCUT2D eigenvalue weighted by molar-refractivity contribution is 5.79. The minimum absolute atomic E-state index is 0.202. The maximum Gasteiger partial charge on any atom is 0.237 e. The molecule has 2 aliphatic rings. The van der Waals surface area contributed by atoms with E-state index in [1.54, 1.807) is 0 Å². The molecule has 7 heteroatoms. The topological polar surface area (TPSA) is 75.6 Å². The Morgan fingerprint density at radius 1 is 1.23 bits per heavy atom. The third-order valence-electron chi connectivity index (χ3n) is 5.27. The van der Waals surface area contributed by atoms with Crippen molar-refractivity contribution in [2.45, 2.75) is 58.0 Å². The number of hydrogen-bond donors (Lipinski definition) is 0. The molecular weight excluding hydrogens is 332 g/mol. The number of aryl methyl sites for hydroxylation is 2. The van der Waals surface area contributed by atoms with Crippen LogP contribution in [0.25, 0.3) is 0 Å². The lowest BCUT2D eigenvalue weighted by molar-refractivity contribution is -0.134. The van der Waals surface area contributed by atoms with Gasteiger partial charge < -0.3 is 13.8 Å². The summed E-state index contributed by atoms with van der Waals surface area (Å²) in [7, 11) is 0. The summed E-state index contributed by atoms with van der Waals surface area (Å²) in [4.78, 5) is 21.4. The van der Waals surface area contributed by atoms with Gasteiger partial charge in [-0.1, -0.05) is 5.16 Å². The predicted molar refractivity (Wildman–Crippen MR) is 94.5 cm³/mol. The van der Waals surface area contributed by atoms with E-state index in [9.17, 15) is 4.79 Å². The standard InChI is InChI=1S/C19H26N4O3/c1-13-3-6-17(25-13)11-23(16-4-5-16)18(24)12-22-9-7-15(8-10-22)19-20-14(2)21-26-19/h3,6,15-16H,4-5,7-12H2,1-2H3. The largest absolute Gasteiger partial charge is 0.464 e. The maximum atomic E-state index is 12.9. The molecule has 1 amide bonds. The van der Waals surface area contributed by atoms with Crippen LogP contribution in [0.15, 0.2) is 21.1 Å². The lowest BCUT2D eigenvalue weighted by Gasteiger charge is -2.31. The van der Waals surface area contributed by atoms with Gasteiger partial charge in [0.25, 0.3) is 0 Å². The Labute approximate surface area is 153 Å². The highest BCUT2D eigenvalue weighted by Crippen LogP contribution is 2.30. The monoisotopic (exact) mass is 358 g/mol. The van der Waals surface area contributed by atoms with E-state index in [2.05, 4.69) is 15.0 Å². The van der Waals surface area contributed by atoms with Crippen molar-refractivity contribution in [1.82, 2.24) is 19.9 Å². The van der Waals surface area contributed by atoms with E-state index in [4.69, 9.17) is 8.94 Å². The predicted octanol–water partition coefficient (Wildman–Crippen LogP) is 2.65. The Morgan fingerprint density at radius 2 is 2.00 bits per heavy atom. The van der Waals surface area contributed by atoms with Crippen molar-refractivity contribution < 1.29 is 13.7 Å². The highest BCUT2D eigenvalue weighted by atomic mass is 16.5. The summed E-state index contributed by atoms with van der Waals surface area (Å²) in [5, 5.41) is 3.88. The molecule has 4 rings (SSSR count). The molecule has 0 bridgehead atoms. The van der Waals surface area contributed by atoms with Crippen LogP contribution in [0.3, 0.4) is 0 Å². The van der Waals surface area contributed by atoms with Crippen LogP contribution in [0.4, 0.5) is 0 Å². The molecule has 140 valence electrons. The molecule has 1 saturated heterocycles. The number of aromatic nitrogens is 2. The molecule has 3 heterocycles. The first-order chi connectivity index (χ1) is 12.6. The average molecular weight is 358 g/mol. The van der Waals surface area contributed by atoms with Crippen molar-refractivity contribution in [3.8, 4) is 0 Å². The SMILES string of the molecule is Cc1noc(C2CCN(CC(=O)N(Cc3ccc(C)o3)C3CC3)CC2)n1. The Hall–Kier alpha value is -2.15. The van der Waals surface area contributed by atoms with Crippen molar-refractivity contribution in [1.29, 1.82) is 0 Å². The summed E-state index contributed by atoms with van der Waals surface area (Å²) in [6.07, 6.45) is 4.11. The van der Waals surface area contributed by atoms with E-state index < -0.39 is 0 Å². The van der Waals surface area contributed by atoms with Gasteiger partial charge in [0.1, 0.15) is 11.5 Å². The number of likely N-dealkylation sites (tertiary alicyclic amines) is 1. The fraction of sp³-hybridized carbons (Fsp3) is 0.632. The molecular formula is C19H26N4O3. The van der Waals surface area contributed by atoms with Crippen LogP contribution in [-0.2, 0) is 11.3 Å². The molecule has 0 atom stereocenters. The molecule has 2 aromatic heterocycles. The van der Waals surface area contributed by atoms with Crippen LogP contribution < -0.4 is 0 Å². The van der Waals surface area contributed by atoms with Crippen LogP contribution in [-0.4, -0.2) is 51.5 Å². The fourth-order valence-electron chi connectivity index (χ4n) is 3.64. The summed E-state index contributed by atoms with van der Waals surface area (Å²) in [6.45, 7) is 6.60. The van der Waals surface area contributed by atoms with E-state index in [-0.39, 0.29) is 5.91 Å². The van der Waals surface area contributed by atoms with Crippen molar-refractivity contribution in [3.05, 3.63) is 35.4 Å². The minimum atomic E-state index is 0.202. The first kappa shape index (κ1) is 17.3. The lowest BCUT2D eigenvalue weighted by Crippen LogP contribution is -2.43. The molecule has 1 saturated carbocycles. The maximum absolute atomic E-state index is 12.9. The Kier molecular flexibility index (Phi) is 4.80. The van der Waals surface area contributed by atoms with Gasteiger partial charge in [0.15, 0.2) is 5.82 Å². The smallest absolute Gasteiger partial charge is 0.237 e. The van der Waals surface area contributed by atoms with Gasteiger partial charge in [0.2, 0.25) is 11.8 Å². The number of furan rings is 1. The normalized spacial score (nSPS) is 19.0. The van der Waals surface area contributed by atoms with E-state index in [1.807, 2.05) is 30.9 Å². The second kappa shape index (κ2) is 7.23. The number of nitrogens with zero attached hydrogens (tertiary/aromatic N) is 4. The molecule has 1 aliphatic heterocycles. The third kappa shape index (κ3) is 3.98. The second-order valence-corrected chi connectivity index (χ2v) is 7.50. The zero-order valence-corrected chi connectivity index (χ0v) is 15.5. The summed E-state index contributed by atoms with van der Waals surface area (Å²) in [5.41, 5.74) is 0. The van der Waals surface area contributed by atoms with Crippen LogP contribution in [0, 0.1) is 13.8 Å². The summed E-state index contributed by atoms with van der Waals surface area (Å²) in [6, 6.07) is 4.30.